The molecule has 3 rings (SSSR count). The highest BCUT2D eigenvalue weighted by atomic mass is 16.5. The van der Waals surface area contributed by atoms with Gasteiger partial charge < -0.3 is 9.84 Å². The van der Waals surface area contributed by atoms with Crippen molar-refractivity contribution in [2.75, 3.05) is 26.3 Å². The minimum Gasteiger partial charge on any atom is -0.478 e. The molecule has 0 radical (unpaired) electrons. The van der Waals surface area contributed by atoms with Gasteiger partial charge in [-0.3, -0.25) is 4.90 Å². The molecule has 114 valence electrons. The van der Waals surface area contributed by atoms with E-state index in [0.29, 0.717) is 5.56 Å². The average Bonchev–Trinajstić information content (AvgIpc) is 2.57. The van der Waals surface area contributed by atoms with Gasteiger partial charge in [0.05, 0.1) is 18.8 Å². The Hall–Kier alpha value is -2.17. The van der Waals surface area contributed by atoms with Gasteiger partial charge in [0.25, 0.3) is 0 Å². The van der Waals surface area contributed by atoms with E-state index < -0.39 is 5.97 Å². The highest BCUT2D eigenvalue weighted by Gasteiger charge is 2.10. The maximum Gasteiger partial charge on any atom is 0.335 e. The standard InChI is InChI=1S/C18H19NO3/c20-18(21)17-7-5-16(6-8-17)15-3-1-14(2-4-15)13-19-9-11-22-12-10-19/h1-8H,9-13H2,(H,20,21). The zero-order chi connectivity index (χ0) is 15.4. The summed E-state index contributed by atoms with van der Waals surface area (Å²) >= 11 is 0. The summed E-state index contributed by atoms with van der Waals surface area (Å²) in [5.74, 6) is -0.896. The first-order valence-corrected chi connectivity index (χ1v) is 7.45. The van der Waals surface area contributed by atoms with Crippen molar-refractivity contribution in [3.05, 3.63) is 59.7 Å². The van der Waals surface area contributed by atoms with E-state index >= 15 is 0 Å². The molecule has 1 heterocycles. The van der Waals surface area contributed by atoms with Crippen molar-refractivity contribution in [2.45, 2.75) is 6.54 Å². The second-order valence-corrected chi connectivity index (χ2v) is 5.47. The molecule has 0 unspecified atom stereocenters. The minimum atomic E-state index is -0.896. The molecule has 0 bridgehead atoms. The number of benzene rings is 2. The Kier molecular flexibility index (Phi) is 4.51. The smallest absolute Gasteiger partial charge is 0.335 e. The van der Waals surface area contributed by atoms with E-state index in [1.54, 1.807) is 12.1 Å². The number of carboxylic acid groups (broad SMARTS) is 1. The van der Waals surface area contributed by atoms with Crippen molar-refractivity contribution in [1.29, 1.82) is 0 Å². The predicted molar refractivity (Wildman–Crippen MR) is 84.9 cm³/mol. The largest absolute Gasteiger partial charge is 0.478 e. The molecule has 4 heteroatoms. The van der Waals surface area contributed by atoms with E-state index in [1.807, 2.05) is 12.1 Å². The molecule has 2 aromatic carbocycles. The third-order valence-corrected chi connectivity index (χ3v) is 3.93. The second kappa shape index (κ2) is 6.73. The molecule has 0 saturated carbocycles. The Bertz CT molecular complexity index is 628. The molecule has 0 atom stereocenters. The fourth-order valence-electron chi connectivity index (χ4n) is 2.63. The number of morpholine rings is 1. The summed E-state index contributed by atoms with van der Waals surface area (Å²) in [6.07, 6.45) is 0. The van der Waals surface area contributed by atoms with Crippen LogP contribution in [0.2, 0.25) is 0 Å². The number of nitrogens with zero attached hydrogens (tertiary/aromatic N) is 1. The first-order valence-electron chi connectivity index (χ1n) is 7.45. The molecule has 1 saturated heterocycles. The summed E-state index contributed by atoms with van der Waals surface area (Å²) in [5.41, 5.74) is 3.73. The van der Waals surface area contributed by atoms with Crippen LogP contribution < -0.4 is 0 Å². The summed E-state index contributed by atoms with van der Waals surface area (Å²) in [7, 11) is 0. The minimum absolute atomic E-state index is 0.313. The van der Waals surface area contributed by atoms with Gasteiger partial charge in [0.15, 0.2) is 0 Å². The number of carboxylic acids is 1. The SMILES string of the molecule is O=C(O)c1ccc(-c2ccc(CN3CCOCC3)cc2)cc1. The monoisotopic (exact) mass is 297 g/mol. The molecule has 4 nitrogen and oxygen atoms in total. The van der Waals surface area contributed by atoms with Crippen LogP contribution in [0.3, 0.4) is 0 Å². The topological polar surface area (TPSA) is 49.8 Å². The highest BCUT2D eigenvalue weighted by molar-refractivity contribution is 5.88. The van der Waals surface area contributed by atoms with Crippen LogP contribution in [-0.4, -0.2) is 42.3 Å². The lowest BCUT2D eigenvalue weighted by Crippen LogP contribution is -2.35. The highest BCUT2D eigenvalue weighted by Crippen LogP contribution is 2.21. The van der Waals surface area contributed by atoms with E-state index in [9.17, 15) is 4.79 Å². The van der Waals surface area contributed by atoms with Crippen LogP contribution in [0.5, 0.6) is 0 Å². The summed E-state index contributed by atoms with van der Waals surface area (Å²) in [6.45, 7) is 4.54. The second-order valence-electron chi connectivity index (χ2n) is 5.47. The zero-order valence-electron chi connectivity index (χ0n) is 12.4. The maximum absolute atomic E-state index is 10.9. The van der Waals surface area contributed by atoms with Crippen LogP contribution in [0.1, 0.15) is 15.9 Å². The first-order chi connectivity index (χ1) is 10.7. The van der Waals surface area contributed by atoms with Crippen molar-refractivity contribution < 1.29 is 14.6 Å². The van der Waals surface area contributed by atoms with Crippen molar-refractivity contribution in [3.8, 4) is 11.1 Å². The van der Waals surface area contributed by atoms with Crippen molar-refractivity contribution >= 4 is 5.97 Å². The van der Waals surface area contributed by atoms with Crippen LogP contribution in [0.15, 0.2) is 48.5 Å². The quantitative estimate of drug-likeness (QED) is 0.942. The number of hydrogen-bond acceptors (Lipinski definition) is 3. The van der Waals surface area contributed by atoms with Crippen LogP contribution in [0, 0.1) is 0 Å². The fraction of sp³-hybridized carbons (Fsp3) is 0.278. The summed E-state index contributed by atoms with van der Waals surface area (Å²) in [4.78, 5) is 13.3. The Labute approximate surface area is 130 Å². The third-order valence-electron chi connectivity index (χ3n) is 3.93. The number of hydrogen-bond donors (Lipinski definition) is 1. The molecule has 1 aliphatic heterocycles. The van der Waals surface area contributed by atoms with E-state index in [1.165, 1.54) is 5.56 Å². The van der Waals surface area contributed by atoms with Gasteiger partial charge in [-0.15, -0.1) is 0 Å². The predicted octanol–water partition coefficient (Wildman–Crippen LogP) is 2.88. The third kappa shape index (κ3) is 3.53. The summed E-state index contributed by atoms with van der Waals surface area (Å²) < 4.78 is 5.36. The average molecular weight is 297 g/mol. The van der Waals surface area contributed by atoms with E-state index in [2.05, 4.69) is 29.2 Å². The van der Waals surface area contributed by atoms with Gasteiger partial charge in [-0.1, -0.05) is 36.4 Å². The molecule has 0 spiro atoms. The molecule has 0 amide bonds. The molecule has 1 fully saturated rings. The molecule has 22 heavy (non-hydrogen) atoms. The summed E-state index contributed by atoms with van der Waals surface area (Å²) in [5, 5.41) is 8.92. The molecule has 1 aliphatic rings. The zero-order valence-corrected chi connectivity index (χ0v) is 12.4. The van der Waals surface area contributed by atoms with E-state index in [0.717, 1.165) is 44.0 Å². The van der Waals surface area contributed by atoms with Gasteiger partial charge in [0.2, 0.25) is 0 Å². The van der Waals surface area contributed by atoms with Crippen molar-refractivity contribution in [2.24, 2.45) is 0 Å². The van der Waals surface area contributed by atoms with Gasteiger partial charge >= 0.3 is 5.97 Å². The molecule has 2 aromatic rings. The van der Waals surface area contributed by atoms with Gasteiger partial charge in [-0.05, 0) is 28.8 Å². The van der Waals surface area contributed by atoms with Gasteiger partial charge in [-0.25, -0.2) is 4.79 Å². The van der Waals surface area contributed by atoms with Crippen LogP contribution in [-0.2, 0) is 11.3 Å². The molecular weight excluding hydrogens is 278 g/mol. The number of rotatable bonds is 4. The van der Waals surface area contributed by atoms with Crippen molar-refractivity contribution in [1.82, 2.24) is 4.90 Å². The van der Waals surface area contributed by atoms with Crippen molar-refractivity contribution in [3.63, 3.8) is 0 Å². The first kappa shape index (κ1) is 14.8. The summed E-state index contributed by atoms with van der Waals surface area (Å²) in [6, 6.07) is 15.4. The van der Waals surface area contributed by atoms with E-state index in [-0.39, 0.29) is 0 Å². The number of ether oxygens (including phenoxy) is 1. The van der Waals surface area contributed by atoms with Crippen LogP contribution >= 0.6 is 0 Å². The lowest BCUT2D eigenvalue weighted by Gasteiger charge is -2.26. The van der Waals surface area contributed by atoms with Gasteiger partial charge in [0, 0.05) is 19.6 Å². The maximum atomic E-state index is 10.9. The molecule has 0 aliphatic carbocycles. The van der Waals surface area contributed by atoms with Gasteiger partial charge in [0.1, 0.15) is 0 Å². The Morgan fingerprint density at radius 2 is 1.50 bits per heavy atom. The lowest BCUT2D eigenvalue weighted by atomic mass is 10.0. The molecule has 1 N–H and O–H groups in total. The Morgan fingerprint density at radius 1 is 0.955 bits per heavy atom. The van der Waals surface area contributed by atoms with E-state index in [4.69, 9.17) is 9.84 Å². The van der Waals surface area contributed by atoms with Gasteiger partial charge in [-0.2, -0.15) is 0 Å². The molecule has 0 aromatic heterocycles. The fourth-order valence-corrected chi connectivity index (χ4v) is 2.63. The lowest BCUT2D eigenvalue weighted by molar-refractivity contribution is 0.0342. The Morgan fingerprint density at radius 3 is 2.05 bits per heavy atom. The number of carbonyl (C=O) groups is 1. The molecular formula is C18H19NO3. The Balaban J connectivity index is 1.69. The van der Waals surface area contributed by atoms with Crippen LogP contribution in [0.4, 0.5) is 0 Å². The normalized spacial score (nSPS) is 15.6. The van der Waals surface area contributed by atoms with Crippen LogP contribution in [0.25, 0.3) is 11.1 Å². The number of aromatic carboxylic acids is 1.